The number of aliphatic hydroxyl groups is 1. The van der Waals surface area contributed by atoms with Crippen molar-refractivity contribution in [2.75, 3.05) is 13.1 Å². The van der Waals surface area contributed by atoms with E-state index in [1.807, 2.05) is 12.3 Å². The summed E-state index contributed by atoms with van der Waals surface area (Å²) in [6.45, 7) is 5.11. The highest BCUT2D eigenvalue weighted by Crippen LogP contribution is 2.20. The Morgan fingerprint density at radius 1 is 1.72 bits per heavy atom. The van der Waals surface area contributed by atoms with Gasteiger partial charge in [-0.1, -0.05) is 0 Å². The maximum absolute atomic E-state index is 11.9. The summed E-state index contributed by atoms with van der Waals surface area (Å²) in [5.74, 6) is 0.215. The Bertz CT molecular complexity index is 454. The highest BCUT2D eigenvalue weighted by molar-refractivity contribution is 7.09. The van der Waals surface area contributed by atoms with Gasteiger partial charge in [-0.15, -0.1) is 11.3 Å². The van der Waals surface area contributed by atoms with Gasteiger partial charge in [-0.3, -0.25) is 4.79 Å². The molecule has 18 heavy (non-hydrogen) atoms. The van der Waals surface area contributed by atoms with Crippen LogP contribution in [0.2, 0.25) is 0 Å². The highest BCUT2D eigenvalue weighted by atomic mass is 32.1. The first-order valence-corrected chi connectivity index (χ1v) is 7.01. The number of hydrogen-bond acceptors (Lipinski definition) is 4. The third kappa shape index (κ3) is 3.17. The maximum atomic E-state index is 11.9. The molecule has 0 bridgehead atoms. The predicted octanol–water partition coefficient (Wildman–Crippen LogP) is 1.69. The largest absolute Gasteiger partial charge is 0.393 e. The summed E-state index contributed by atoms with van der Waals surface area (Å²) < 4.78 is 0. The van der Waals surface area contributed by atoms with Gasteiger partial charge in [0.1, 0.15) is 0 Å². The fourth-order valence-electron chi connectivity index (χ4n) is 2.10. The zero-order valence-corrected chi connectivity index (χ0v) is 11.5. The fraction of sp³-hybridized carbons (Fsp3) is 0.538. The molecule has 1 aliphatic rings. The molecule has 1 amide bonds. The molecule has 98 valence electrons. The van der Waals surface area contributed by atoms with Crippen LogP contribution < -0.4 is 0 Å². The van der Waals surface area contributed by atoms with E-state index in [0.29, 0.717) is 6.54 Å². The van der Waals surface area contributed by atoms with Crippen molar-refractivity contribution in [3.8, 4) is 0 Å². The quantitative estimate of drug-likeness (QED) is 0.847. The van der Waals surface area contributed by atoms with E-state index < -0.39 is 0 Å². The van der Waals surface area contributed by atoms with Crippen LogP contribution in [0.1, 0.15) is 24.0 Å². The van der Waals surface area contributed by atoms with E-state index in [0.717, 1.165) is 23.7 Å². The van der Waals surface area contributed by atoms with Gasteiger partial charge in [0, 0.05) is 30.5 Å². The molecule has 0 radical (unpaired) electrons. The Morgan fingerprint density at radius 3 is 3.06 bits per heavy atom. The van der Waals surface area contributed by atoms with Crippen molar-refractivity contribution in [1.82, 2.24) is 9.88 Å². The van der Waals surface area contributed by atoms with Gasteiger partial charge in [0.15, 0.2) is 0 Å². The Balaban J connectivity index is 1.91. The van der Waals surface area contributed by atoms with Crippen molar-refractivity contribution >= 4 is 23.3 Å². The van der Waals surface area contributed by atoms with Gasteiger partial charge >= 0.3 is 0 Å². The Morgan fingerprint density at radius 2 is 2.50 bits per heavy atom. The van der Waals surface area contributed by atoms with Crippen molar-refractivity contribution in [2.24, 2.45) is 5.92 Å². The zero-order chi connectivity index (χ0) is 13.1. The minimum absolute atomic E-state index is 0.00352. The van der Waals surface area contributed by atoms with E-state index in [1.165, 1.54) is 0 Å². The first-order chi connectivity index (χ1) is 8.56. The van der Waals surface area contributed by atoms with E-state index in [9.17, 15) is 9.90 Å². The molecule has 5 heteroatoms. The van der Waals surface area contributed by atoms with Crippen molar-refractivity contribution in [1.29, 1.82) is 0 Å². The molecule has 4 nitrogen and oxygen atoms in total. The summed E-state index contributed by atoms with van der Waals surface area (Å²) >= 11 is 1.57. The standard InChI is InChI=1S/C13H18N2O2S/c1-9(16)11-5-6-15(7-11)13(17)4-3-12-8-18-10(2)14-12/h3-4,8-9,11,16H,5-7H2,1-2H3/b4-3+. The number of aromatic nitrogens is 1. The zero-order valence-electron chi connectivity index (χ0n) is 10.7. The predicted molar refractivity (Wildman–Crippen MR) is 72.3 cm³/mol. The number of carbonyl (C=O) groups is 1. The van der Waals surface area contributed by atoms with Gasteiger partial charge in [0.05, 0.1) is 16.8 Å². The molecule has 1 N–H and O–H groups in total. The summed E-state index contributed by atoms with van der Waals surface area (Å²) in [6.07, 6.45) is 3.86. The smallest absolute Gasteiger partial charge is 0.246 e. The number of carbonyl (C=O) groups excluding carboxylic acids is 1. The van der Waals surface area contributed by atoms with Gasteiger partial charge in [-0.2, -0.15) is 0 Å². The molecule has 0 saturated carbocycles. The summed E-state index contributed by atoms with van der Waals surface area (Å²) in [7, 11) is 0. The lowest BCUT2D eigenvalue weighted by molar-refractivity contribution is -0.125. The summed E-state index contributed by atoms with van der Waals surface area (Å²) in [4.78, 5) is 18.0. The van der Waals surface area contributed by atoms with Crippen LogP contribution in [0.25, 0.3) is 6.08 Å². The first kappa shape index (κ1) is 13.2. The number of likely N-dealkylation sites (tertiary alicyclic amines) is 1. The van der Waals surface area contributed by atoms with E-state index in [4.69, 9.17) is 0 Å². The van der Waals surface area contributed by atoms with Gasteiger partial charge in [0.2, 0.25) is 5.91 Å². The van der Waals surface area contributed by atoms with Crippen molar-refractivity contribution in [3.63, 3.8) is 0 Å². The van der Waals surface area contributed by atoms with Crippen LogP contribution in [-0.4, -0.2) is 40.1 Å². The van der Waals surface area contributed by atoms with E-state index in [-0.39, 0.29) is 17.9 Å². The molecule has 2 unspecified atom stereocenters. The second-order valence-electron chi connectivity index (χ2n) is 4.70. The second-order valence-corrected chi connectivity index (χ2v) is 5.76. The summed E-state index contributed by atoms with van der Waals surface area (Å²) in [6, 6.07) is 0. The lowest BCUT2D eigenvalue weighted by Gasteiger charge is -2.15. The normalized spacial score (nSPS) is 21.7. The number of hydrogen-bond donors (Lipinski definition) is 1. The minimum atomic E-state index is -0.340. The first-order valence-electron chi connectivity index (χ1n) is 6.13. The Kier molecular flexibility index (Phi) is 4.14. The third-order valence-corrected chi connectivity index (χ3v) is 4.04. The number of amides is 1. The monoisotopic (exact) mass is 266 g/mol. The van der Waals surface area contributed by atoms with E-state index >= 15 is 0 Å². The van der Waals surface area contributed by atoms with Crippen LogP contribution in [0, 0.1) is 12.8 Å². The molecule has 1 aromatic heterocycles. The molecular weight excluding hydrogens is 248 g/mol. The average Bonchev–Trinajstić information content (AvgIpc) is 2.94. The molecule has 1 aliphatic heterocycles. The van der Waals surface area contributed by atoms with Crippen LogP contribution >= 0.6 is 11.3 Å². The third-order valence-electron chi connectivity index (χ3n) is 3.25. The second kappa shape index (κ2) is 5.63. The molecule has 0 aromatic carbocycles. The number of rotatable bonds is 3. The van der Waals surface area contributed by atoms with Crippen LogP contribution in [0.3, 0.4) is 0 Å². The number of nitrogens with zero attached hydrogens (tertiary/aromatic N) is 2. The summed E-state index contributed by atoms with van der Waals surface area (Å²) in [5.41, 5.74) is 0.831. The summed E-state index contributed by atoms with van der Waals surface area (Å²) in [5, 5.41) is 12.4. The van der Waals surface area contributed by atoms with E-state index in [2.05, 4.69) is 4.98 Å². The number of thiazole rings is 1. The molecule has 1 aromatic rings. The Hall–Kier alpha value is -1.20. The van der Waals surface area contributed by atoms with Crippen molar-refractivity contribution in [2.45, 2.75) is 26.4 Å². The number of aryl methyl sites for hydroxylation is 1. The van der Waals surface area contributed by atoms with E-state index in [1.54, 1.807) is 35.3 Å². The van der Waals surface area contributed by atoms with Crippen molar-refractivity contribution < 1.29 is 9.90 Å². The molecule has 0 spiro atoms. The van der Waals surface area contributed by atoms with Gasteiger partial charge in [-0.05, 0) is 26.3 Å². The number of aliphatic hydroxyl groups excluding tert-OH is 1. The average molecular weight is 266 g/mol. The van der Waals surface area contributed by atoms with Crippen LogP contribution in [0.4, 0.5) is 0 Å². The van der Waals surface area contributed by atoms with Gasteiger partial charge in [0.25, 0.3) is 0 Å². The molecule has 0 aliphatic carbocycles. The molecular formula is C13H18N2O2S. The van der Waals surface area contributed by atoms with Crippen LogP contribution in [0.5, 0.6) is 0 Å². The van der Waals surface area contributed by atoms with Gasteiger partial charge < -0.3 is 10.0 Å². The molecule has 1 fully saturated rings. The highest BCUT2D eigenvalue weighted by Gasteiger charge is 2.27. The molecule has 2 atom stereocenters. The van der Waals surface area contributed by atoms with Crippen LogP contribution in [0.15, 0.2) is 11.5 Å². The molecule has 2 heterocycles. The SMILES string of the molecule is Cc1nc(/C=C/C(=O)N2CCC(C(C)O)C2)cs1. The van der Waals surface area contributed by atoms with Gasteiger partial charge in [-0.25, -0.2) is 4.98 Å². The van der Waals surface area contributed by atoms with Crippen molar-refractivity contribution in [3.05, 3.63) is 22.2 Å². The minimum Gasteiger partial charge on any atom is -0.393 e. The molecule has 1 saturated heterocycles. The molecule has 2 rings (SSSR count). The lowest BCUT2D eigenvalue weighted by atomic mass is 10.0. The topological polar surface area (TPSA) is 53.4 Å². The fourth-order valence-corrected chi connectivity index (χ4v) is 2.68. The van der Waals surface area contributed by atoms with Crippen LogP contribution in [-0.2, 0) is 4.79 Å². The Labute approximate surface area is 111 Å². The lowest BCUT2D eigenvalue weighted by Crippen LogP contribution is -2.28. The maximum Gasteiger partial charge on any atom is 0.246 e.